The van der Waals surface area contributed by atoms with E-state index in [1.165, 1.54) is 12.1 Å². The van der Waals surface area contributed by atoms with Gasteiger partial charge >= 0.3 is 0 Å². The summed E-state index contributed by atoms with van der Waals surface area (Å²) < 4.78 is 12.7. The van der Waals surface area contributed by atoms with E-state index in [1.807, 2.05) is 27.7 Å². The van der Waals surface area contributed by atoms with Gasteiger partial charge in [0.1, 0.15) is 11.6 Å². The van der Waals surface area contributed by atoms with Gasteiger partial charge in [0.25, 0.3) is 0 Å². The third-order valence-corrected chi connectivity index (χ3v) is 2.55. The summed E-state index contributed by atoms with van der Waals surface area (Å²) in [5.74, 6) is 0.112. The highest BCUT2D eigenvalue weighted by molar-refractivity contribution is 5.81. The van der Waals surface area contributed by atoms with Crippen molar-refractivity contribution in [3.63, 3.8) is 0 Å². The Morgan fingerprint density at radius 3 is 2.39 bits per heavy atom. The fourth-order valence-electron chi connectivity index (χ4n) is 1.91. The molecule has 1 heterocycles. The molecular formula is C13H20FN3O. The molecule has 0 radical (unpaired) electrons. The van der Waals surface area contributed by atoms with Crippen LogP contribution in [-0.2, 0) is 4.79 Å². The fraction of sp³-hybridized carbons (Fsp3) is 0.538. The summed E-state index contributed by atoms with van der Waals surface area (Å²) in [7, 11) is 0. The first-order valence-electron chi connectivity index (χ1n) is 6.08. The largest absolute Gasteiger partial charge is 0.361 e. The van der Waals surface area contributed by atoms with Crippen LogP contribution in [0.4, 0.5) is 10.2 Å². The Labute approximate surface area is 107 Å². The van der Waals surface area contributed by atoms with Gasteiger partial charge < -0.3 is 10.2 Å². The van der Waals surface area contributed by atoms with Crippen molar-refractivity contribution >= 4 is 11.7 Å². The predicted octanol–water partition coefficient (Wildman–Crippen LogP) is 2.28. The molecule has 0 fully saturated rings. The molecular weight excluding hydrogens is 233 g/mol. The van der Waals surface area contributed by atoms with E-state index in [9.17, 15) is 9.18 Å². The number of carbonyl (C=O) groups excluding carboxylic acids is 1. The summed E-state index contributed by atoms with van der Waals surface area (Å²) in [5.41, 5.74) is 0. The van der Waals surface area contributed by atoms with Gasteiger partial charge in [-0.1, -0.05) is 0 Å². The number of rotatable bonds is 5. The van der Waals surface area contributed by atoms with Gasteiger partial charge in [0, 0.05) is 12.1 Å². The minimum Gasteiger partial charge on any atom is -0.361 e. The van der Waals surface area contributed by atoms with Gasteiger partial charge in [-0.15, -0.1) is 0 Å². The number of carbonyl (C=O) groups is 1. The molecule has 0 atom stereocenters. The number of hydrogen-bond donors (Lipinski definition) is 1. The van der Waals surface area contributed by atoms with Crippen LogP contribution >= 0.6 is 0 Å². The summed E-state index contributed by atoms with van der Waals surface area (Å²) in [6.45, 7) is 8.08. The SMILES string of the molecule is CC(C)N(C(=O)CNc1ccc(F)cn1)C(C)C. The molecule has 100 valence electrons. The Balaban J connectivity index is 2.57. The lowest BCUT2D eigenvalue weighted by Crippen LogP contribution is -2.44. The number of halogens is 1. The van der Waals surface area contributed by atoms with Crippen molar-refractivity contribution in [1.29, 1.82) is 0 Å². The standard InChI is InChI=1S/C13H20FN3O/c1-9(2)17(10(3)4)13(18)8-16-12-6-5-11(14)7-15-12/h5-7,9-10H,8H2,1-4H3,(H,15,16). The number of anilines is 1. The van der Waals surface area contributed by atoms with Crippen LogP contribution in [0.3, 0.4) is 0 Å². The number of nitrogens with one attached hydrogen (secondary N) is 1. The Morgan fingerprint density at radius 2 is 1.94 bits per heavy atom. The molecule has 0 bridgehead atoms. The van der Waals surface area contributed by atoms with Crippen molar-refractivity contribution in [1.82, 2.24) is 9.88 Å². The topological polar surface area (TPSA) is 45.2 Å². The van der Waals surface area contributed by atoms with Crippen LogP contribution in [0.2, 0.25) is 0 Å². The average Bonchev–Trinajstić information content (AvgIpc) is 2.27. The highest BCUT2D eigenvalue weighted by Gasteiger charge is 2.19. The molecule has 1 rings (SSSR count). The number of nitrogens with zero attached hydrogens (tertiary/aromatic N) is 2. The summed E-state index contributed by atoms with van der Waals surface area (Å²) in [6.07, 6.45) is 1.12. The lowest BCUT2D eigenvalue weighted by Gasteiger charge is -2.30. The molecule has 0 aromatic carbocycles. The number of pyridine rings is 1. The first kappa shape index (κ1) is 14.4. The molecule has 0 aliphatic rings. The van der Waals surface area contributed by atoms with Crippen LogP contribution in [-0.4, -0.2) is 34.4 Å². The van der Waals surface area contributed by atoms with Crippen LogP contribution in [0.25, 0.3) is 0 Å². The molecule has 0 unspecified atom stereocenters. The molecule has 0 aliphatic carbocycles. The zero-order chi connectivity index (χ0) is 13.7. The zero-order valence-corrected chi connectivity index (χ0v) is 11.3. The first-order valence-corrected chi connectivity index (χ1v) is 6.08. The smallest absolute Gasteiger partial charge is 0.242 e. The maximum Gasteiger partial charge on any atom is 0.242 e. The van der Waals surface area contributed by atoms with Gasteiger partial charge in [0.2, 0.25) is 5.91 Å². The summed E-state index contributed by atoms with van der Waals surface area (Å²) in [5, 5.41) is 2.89. The van der Waals surface area contributed by atoms with Crippen molar-refractivity contribution < 1.29 is 9.18 Å². The van der Waals surface area contributed by atoms with E-state index >= 15 is 0 Å². The number of amides is 1. The molecule has 18 heavy (non-hydrogen) atoms. The van der Waals surface area contributed by atoms with Gasteiger partial charge in [0.15, 0.2) is 0 Å². The summed E-state index contributed by atoms with van der Waals surface area (Å²) in [4.78, 5) is 17.7. The highest BCUT2D eigenvalue weighted by Crippen LogP contribution is 2.07. The zero-order valence-electron chi connectivity index (χ0n) is 11.3. The lowest BCUT2D eigenvalue weighted by atomic mass is 10.2. The van der Waals surface area contributed by atoms with E-state index < -0.39 is 5.82 Å². The minimum atomic E-state index is -0.391. The molecule has 4 nitrogen and oxygen atoms in total. The summed E-state index contributed by atoms with van der Waals surface area (Å²) in [6, 6.07) is 3.13. The van der Waals surface area contributed by atoms with E-state index in [4.69, 9.17) is 0 Å². The van der Waals surface area contributed by atoms with Gasteiger partial charge in [-0.05, 0) is 39.8 Å². The van der Waals surface area contributed by atoms with Crippen molar-refractivity contribution in [2.75, 3.05) is 11.9 Å². The van der Waals surface area contributed by atoms with Crippen LogP contribution in [0.1, 0.15) is 27.7 Å². The maximum atomic E-state index is 12.7. The van der Waals surface area contributed by atoms with Crippen molar-refractivity contribution in [3.05, 3.63) is 24.1 Å². The molecule has 0 saturated carbocycles. The van der Waals surface area contributed by atoms with Gasteiger partial charge in [-0.25, -0.2) is 9.37 Å². The van der Waals surface area contributed by atoms with Crippen molar-refractivity contribution in [2.45, 2.75) is 39.8 Å². The van der Waals surface area contributed by atoms with Gasteiger partial charge in [0.05, 0.1) is 12.7 Å². The van der Waals surface area contributed by atoms with E-state index in [1.54, 1.807) is 4.90 Å². The second kappa shape index (κ2) is 6.33. The van der Waals surface area contributed by atoms with Crippen LogP contribution < -0.4 is 5.32 Å². The Hall–Kier alpha value is -1.65. The Morgan fingerprint density at radius 1 is 1.33 bits per heavy atom. The second-order valence-electron chi connectivity index (χ2n) is 4.70. The first-order chi connectivity index (χ1) is 8.41. The van der Waals surface area contributed by atoms with E-state index in [-0.39, 0.29) is 24.5 Å². The molecule has 0 aliphatic heterocycles. The number of aromatic nitrogens is 1. The van der Waals surface area contributed by atoms with Crippen LogP contribution in [0.5, 0.6) is 0 Å². The maximum absolute atomic E-state index is 12.7. The highest BCUT2D eigenvalue weighted by atomic mass is 19.1. The fourth-order valence-corrected chi connectivity index (χ4v) is 1.91. The van der Waals surface area contributed by atoms with Gasteiger partial charge in [-0.3, -0.25) is 4.79 Å². The predicted molar refractivity (Wildman–Crippen MR) is 69.8 cm³/mol. The summed E-state index contributed by atoms with van der Waals surface area (Å²) >= 11 is 0. The van der Waals surface area contributed by atoms with E-state index in [0.717, 1.165) is 6.20 Å². The normalized spacial score (nSPS) is 10.8. The monoisotopic (exact) mass is 253 g/mol. The van der Waals surface area contributed by atoms with Crippen molar-refractivity contribution in [3.8, 4) is 0 Å². The molecule has 0 saturated heterocycles. The molecule has 1 aromatic heterocycles. The lowest BCUT2D eigenvalue weighted by molar-refractivity contribution is -0.132. The van der Waals surface area contributed by atoms with Crippen LogP contribution in [0.15, 0.2) is 18.3 Å². The quantitative estimate of drug-likeness (QED) is 0.875. The van der Waals surface area contributed by atoms with Crippen molar-refractivity contribution in [2.24, 2.45) is 0 Å². The van der Waals surface area contributed by atoms with E-state index in [0.29, 0.717) is 5.82 Å². The molecule has 1 amide bonds. The average molecular weight is 253 g/mol. The second-order valence-corrected chi connectivity index (χ2v) is 4.70. The minimum absolute atomic E-state index is 0.00567. The molecule has 1 N–H and O–H groups in total. The van der Waals surface area contributed by atoms with E-state index in [2.05, 4.69) is 10.3 Å². The molecule has 1 aromatic rings. The third-order valence-electron chi connectivity index (χ3n) is 2.55. The Kier molecular flexibility index (Phi) is 5.07. The number of hydrogen-bond acceptors (Lipinski definition) is 3. The van der Waals surface area contributed by atoms with Gasteiger partial charge in [-0.2, -0.15) is 0 Å². The van der Waals surface area contributed by atoms with Crippen LogP contribution in [0, 0.1) is 5.82 Å². The third kappa shape index (κ3) is 3.98. The Bertz CT molecular complexity index is 382. The molecule has 5 heteroatoms. The molecule has 0 spiro atoms.